The molecule has 0 saturated heterocycles. The summed E-state index contributed by atoms with van der Waals surface area (Å²) in [6.07, 6.45) is 3.31. The molecule has 0 radical (unpaired) electrons. The van der Waals surface area contributed by atoms with Crippen LogP contribution in [0.5, 0.6) is 0 Å². The minimum absolute atomic E-state index is 0.339. The molecule has 2 amide bonds. The summed E-state index contributed by atoms with van der Waals surface area (Å²) in [7, 11) is 0. The molecule has 1 N–H and O–H groups in total. The highest BCUT2D eigenvalue weighted by Crippen LogP contribution is 2.38. The van der Waals surface area contributed by atoms with E-state index in [1.165, 1.54) is 27.6 Å². The number of benzene rings is 3. The highest BCUT2D eigenvalue weighted by molar-refractivity contribution is 7.22. The number of fused-ring (bicyclic) bond motifs is 3. The maximum absolute atomic E-state index is 14.5. The molecule has 0 aliphatic carbocycles. The molecular formula is C33H20N6O2S2. The van der Waals surface area contributed by atoms with Crippen molar-refractivity contribution in [3.05, 3.63) is 125 Å². The highest BCUT2D eigenvalue weighted by atomic mass is 32.1. The van der Waals surface area contributed by atoms with Crippen molar-refractivity contribution in [3.63, 3.8) is 0 Å². The van der Waals surface area contributed by atoms with Gasteiger partial charge in [0, 0.05) is 27.4 Å². The van der Waals surface area contributed by atoms with Crippen LogP contribution in [0.1, 0.15) is 26.8 Å². The molecule has 7 rings (SSSR count). The van der Waals surface area contributed by atoms with Crippen molar-refractivity contribution in [2.75, 3.05) is 10.2 Å². The number of thiazole rings is 1. The number of amides is 2. The quantitative estimate of drug-likeness (QED) is 0.215. The van der Waals surface area contributed by atoms with Crippen molar-refractivity contribution in [2.45, 2.75) is 6.04 Å². The Balaban J connectivity index is 1.36. The van der Waals surface area contributed by atoms with E-state index in [0.29, 0.717) is 32.3 Å². The van der Waals surface area contributed by atoms with Crippen LogP contribution in [0.15, 0.2) is 109 Å². The number of hydrogen-bond donors (Lipinski definition) is 1. The summed E-state index contributed by atoms with van der Waals surface area (Å²) >= 11 is 2.63. The Hall–Kier alpha value is -5.50. The summed E-state index contributed by atoms with van der Waals surface area (Å²) in [6, 6.07) is 28.4. The van der Waals surface area contributed by atoms with Gasteiger partial charge in [-0.2, -0.15) is 5.26 Å². The minimum atomic E-state index is -1.04. The number of aromatic nitrogens is 3. The largest absolute Gasteiger partial charge is 0.323 e. The number of nitrogens with zero attached hydrogens (tertiary/aromatic N) is 5. The van der Waals surface area contributed by atoms with Crippen molar-refractivity contribution in [1.29, 1.82) is 5.26 Å². The number of nitriles is 1. The van der Waals surface area contributed by atoms with Crippen LogP contribution >= 0.6 is 22.7 Å². The maximum atomic E-state index is 14.5. The van der Waals surface area contributed by atoms with Crippen LogP contribution in [0.4, 0.5) is 10.8 Å². The summed E-state index contributed by atoms with van der Waals surface area (Å²) in [5.74, 6) is -0.803. The summed E-state index contributed by atoms with van der Waals surface area (Å²) in [4.78, 5) is 44.5. The molecule has 206 valence electrons. The normalized spacial score (nSPS) is 11.8. The van der Waals surface area contributed by atoms with Crippen molar-refractivity contribution < 1.29 is 9.59 Å². The van der Waals surface area contributed by atoms with E-state index in [9.17, 15) is 14.9 Å². The zero-order valence-corrected chi connectivity index (χ0v) is 24.0. The number of carbonyl (C=O) groups excluding carboxylic acids is 2. The van der Waals surface area contributed by atoms with E-state index in [4.69, 9.17) is 4.98 Å². The zero-order chi connectivity index (χ0) is 29.3. The van der Waals surface area contributed by atoms with Crippen LogP contribution in [0, 0.1) is 11.3 Å². The summed E-state index contributed by atoms with van der Waals surface area (Å²) < 4.78 is 0.735. The first-order chi connectivity index (χ1) is 21.1. The van der Waals surface area contributed by atoms with E-state index < -0.39 is 17.9 Å². The molecular weight excluding hydrogens is 577 g/mol. The predicted molar refractivity (Wildman–Crippen MR) is 170 cm³/mol. The molecule has 43 heavy (non-hydrogen) atoms. The molecule has 8 nitrogen and oxygen atoms in total. The van der Waals surface area contributed by atoms with E-state index in [0.717, 1.165) is 26.5 Å². The predicted octanol–water partition coefficient (Wildman–Crippen LogP) is 7.35. The number of pyridine rings is 2. The monoisotopic (exact) mass is 596 g/mol. The van der Waals surface area contributed by atoms with Crippen LogP contribution in [0.3, 0.4) is 0 Å². The van der Waals surface area contributed by atoms with E-state index in [-0.39, 0.29) is 0 Å². The fourth-order valence-corrected chi connectivity index (χ4v) is 6.76. The average molecular weight is 597 g/mol. The topological polar surface area (TPSA) is 112 Å². The average Bonchev–Trinajstić information content (AvgIpc) is 3.73. The first-order valence-electron chi connectivity index (χ1n) is 13.3. The van der Waals surface area contributed by atoms with Gasteiger partial charge in [0.05, 0.1) is 44.8 Å². The lowest BCUT2D eigenvalue weighted by Gasteiger charge is -2.28. The van der Waals surface area contributed by atoms with Gasteiger partial charge in [-0.3, -0.25) is 24.5 Å². The van der Waals surface area contributed by atoms with Crippen molar-refractivity contribution in [1.82, 2.24) is 15.0 Å². The van der Waals surface area contributed by atoms with E-state index in [1.807, 2.05) is 60.0 Å². The molecule has 0 saturated carbocycles. The fraction of sp³-hybridized carbons (Fsp3) is 0.0303. The van der Waals surface area contributed by atoms with Crippen molar-refractivity contribution in [3.8, 4) is 6.07 Å². The molecule has 7 aromatic rings. The Kier molecular flexibility index (Phi) is 6.79. The van der Waals surface area contributed by atoms with Crippen LogP contribution in [0.25, 0.3) is 32.0 Å². The van der Waals surface area contributed by atoms with Gasteiger partial charge < -0.3 is 5.32 Å². The third-order valence-corrected chi connectivity index (χ3v) is 8.90. The SMILES string of the molecule is N#Cc1ccc2nc(N(C(=O)c3ccc4ncccc4c3)C(C(=O)Nc3cnc4ccccc4c3)c3cccs3)sc2c1. The highest BCUT2D eigenvalue weighted by Gasteiger charge is 2.36. The van der Waals surface area contributed by atoms with E-state index in [1.54, 1.807) is 48.8 Å². The van der Waals surface area contributed by atoms with Crippen LogP contribution in [0.2, 0.25) is 0 Å². The molecule has 0 fully saturated rings. The Morgan fingerprint density at radius 3 is 2.53 bits per heavy atom. The lowest BCUT2D eigenvalue weighted by atomic mass is 10.1. The molecule has 4 aromatic heterocycles. The molecule has 1 atom stereocenters. The molecule has 0 aliphatic heterocycles. The minimum Gasteiger partial charge on any atom is -0.323 e. The Labute approximate surface area is 253 Å². The van der Waals surface area contributed by atoms with Crippen LogP contribution < -0.4 is 10.2 Å². The van der Waals surface area contributed by atoms with Crippen molar-refractivity contribution >= 4 is 77.3 Å². The Morgan fingerprint density at radius 2 is 1.67 bits per heavy atom. The van der Waals surface area contributed by atoms with Gasteiger partial charge in [0.2, 0.25) is 0 Å². The number of carbonyl (C=O) groups is 2. The molecule has 3 aromatic carbocycles. The summed E-state index contributed by atoms with van der Waals surface area (Å²) in [5.41, 5.74) is 3.58. The third-order valence-electron chi connectivity index (χ3n) is 6.96. The standard InChI is InChI=1S/C33H20N6O2S2/c34-18-20-9-11-27-29(15-20)43-33(38-27)39(32(41)23-10-12-26-21(16-23)6-3-13-35-26)30(28-8-4-14-42-28)31(40)37-24-17-22-5-1-2-7-25(22)36-19-24/h1-17,19,30H,(H,37,40). The number of anilines is 2. The molecule has 0 aliphatic rings. The second kappa shape index (κ2) is 11.1. The number of para-hydroxylation sites is 1. The molecule has 1 unspecified atom stereocenters. The lowest BCUT2D eigenvalue weighted by molar-refractivity contribution is -0.117. The van der Waals surface area contributed by atoms with Gasteiger partial charge in [-0.25, -0.2) is 4.98 Å². The molecule has 0 spiro atoms. The van der Waals surface area contributed by atoms with Gasteiger partial charge in [-0.05, 0) is 66.0 Å². The first-order valence-corrected chi connectivity index (χ1v) is 14.9. The second-order valence-corrected chi connectivity index (χ2v) is 11.7. The Bertz CT molecular complexity index is 2200. The van der Waals surface area contributed by atoms with Gasteiger partial charge in [0.1, 0.15) is 0 Å². The van der Waals surface area contributed by atoms with Gasteiger partial charge in [-0.15, -0.1) is 11.3 Å². The van der Waals surface area contributed by atoms with Crippen molar-refractivity contribution in [2.24, 2.45) is 0 Å². The Morgan fingerprint density at radius 1 is 0.860 bits per heavy atom. The first kappa shape index (κ1) is 26.4. The van der Waals surface area contributed by atoms with E-state index >= 15 is 0 Å². The van der Waals surface area contributed by atoms with Gasteiger partial charge >= 0.3 is 0 Å². The number of thiophene rings is 1. The molecule has 0 bridgehead atoms. The lowest BCUT2D eigenvalue weighted by Crippen LogP contribution is -2.41. The fourth-order valence-electron chi connectivity index (χ4n) is 4.92. The van der Waals surface area contributed by atoms with Gasteiger partial charge in [0.25, 0.3) is 11.8 Å². The van der Waals surface area contributed by atoms with Gasteiger partial charge in [0.15, 0.2) is 11.2 Å². The molecule has 10 heteroatoms. The van der Waals surface area contributed by atoms with Crippen LogP contribution in [-0.4, -0.2) is 26.8 Å². The number of hydrogen-bond acceptors (Lipinski definition) is 8. The van der Waals surface area contributed by atoms with Gasteiger partial charge in [-0.1, -0.05) is 41.7 Å². The smallest absolute Gasteiger partial charge is 0.261 e. The number of rotatable bonds is 6. The molecule has 4 heterocycles. The maximum Gasteiger partial charge on any atom is 0.261 e. The second-order valence-electron chi connectivity index (χ2n) is 9.70. The van der Waals surface area contributed by atoms with Crippen LogP contribution in [-0.2, 0) is 4.79 Å². The van der Waals surface area contributed by atoms with E-state index in [2.05, 4.69) is 21.4 Å². The zero-order valence-electron chi connectivity index (χ0n) is 22.3. The number of nitrogens with one attached hydrogen (secondary N) is 1. The third kappa shape index (κ3) is 5.08. The summed E-state index contributed by atoms with van der Waals surface area (Å²) in [6.45, 7) is 0. The summed E-state index contributed by atoms with van der Waals surface area (Å²) in [5, 5.41) is 16.3.